The zero-order chi connectivity index (χ0) is 22.9. The van der Waals surface area contributed by atoms with Gasteiger partial charge >= 0.3 is 6.18 Å². The molecule has 1 saturated carbocycles. The molecule has 1 aromatic carbocycles. The number of imidazole rings is 1. The average molecular weight is 469 g/mol. The molecule has 2 fully saturated rings. The van der Waals surface area contributed by atoms with E-state index in [1.807, 2.05) is 23.2 Å². The fourth-order valence-electron chi connectivity index (χ4n) is 5.77. The predicted molar refractivity (Wildman–Crippen MR) is 114 cm³/mol. The van der Waals surface area contributed by atoms with E-state index in [1.54, 1.807) is 0 Å². The summed E-state index contributed by atoms with van der Waals surface area (Å²) in [4.78, 5) is 4.52. The Morgan fingerprint density at radius 2 is 1.88 bits per heavy atom. The number of nitrogens with zero attached hydrogens (tertiary/aromatic N) is 3. The molecule has 3 aliphatic rings. The third kappa shape index (κ3) is 3.66. The predicted octanol–water partition coefficient (Wildman–Crippen LogP) is 3.71. The van der Waals surface area contributed by atoms with E-state index < -0.39 is 28.5 Å². The molecule has 0 unspecified atom stereocenters. The molecule has 10 heteroatoms. The molecule has 3 atom stereocenters. The Bertz CT molecular complexity index is 1140. The number of fused-ring (bicyclic) bond motifs is 1. The smallest absolute Gasteiger partial charge is 0.334 e. The molecule has 0 radical (unpaired) electrons. The third-order valence-corrected chi connectivity index (χ3v) is 8.98. The van der Waals surface area contributed by atoms with Gasteiger partial charge in [-0.15, -0.1) is 0 Å². The van der Waals surface area contributed by atoms with Gasteiger partial charge in [0.2, 0.25) is 0 Å². The minimum absolute atomic E-state index is 0.0206. The molecule has 0 amide bonds. The van der Waals surface area contributed by atoms with Gasteiger partial charge in [-0.3, -0.25) is 0 Å². The second-order valence-electron chi connectivity index (χ2n) is 9.69. The lowest BCUT2D eigenvalue weighted by Crippen LogP contribution is -2.52. The van der Waals surface area contributed by atoms with Crippen molar-refractivity contribution in [2.24, 2.45) is 11.8 Å². The first-order valence-corrected chi connectivity index (χ1v) is 12.4. The van der Waals surface area contributed by atoms with Gasteiger partial charge in [-0.2, -0.15) is 30.6 Å². The summed E-state index contributed by atoms with van der Waals surface area (Å²) in [6.07, 6.45) is 2.18. The molecule has 2 bridgehead atoms. The van der Waals surface area contributed by atoms with Crippen molar-refractivity contribution in [3.63, 3.8) is 0 Å². The Balaban J connectivity index is 1.46. The molecule has 32 heavy (non-hydrogen) atoms. The molecule has 5 rings (SSSR count). The van der Waals surface area contributed by atoms with Gasteiger partial charge in [-0.05, 0) is 68.6 Å². The monoisotopic (exact) mass is 468 g/mol. The van der Waals surface area contributed by atoms with Crippen LogP contribution < -0.4 is 4.72 Å². The van der Waals surface area contributed by atoms with Crippen LogP contribution in [0.4, 0.5) is 13.2 Å². The number of hydrogen-bond donors (Lipinski definition) is 1. The average Bonchev–Trinajstić information content (AvgIpc) is 3.31. The zero-order valence-electron chi connectivity index (χ0n) is 18.1. The van der Waals surface area contributed by atoms with Crippen molar-refractivity contribution in [2.45, 2.75) is 57.3 Å². The number of hydrogen-bond acceptors (Lipinski definition) is 3. The van der Waals surface area contributed by atoms with Crippen molar-refractivity contribution in [1.82, 2.24) is 18.6 Å². The fourth-order valence-corrected chi connectivity index (χ4v) is 7.48. The first-order chi connectivity index (χ1) is 15.0. The quantitative estimate of drug-likeness (QED) is 0.747. The van der Waals surface area contributed by atoms with Gasteiger partial charge in [0.1, 0.15) is 6.54 Å². The Morgan fingerprint density at radius 1 is 1.19 bits per heavy atom. The Labute approximate surface area is 186 Å². The maximum atomic E-state index is 13.0. The van der Waals surface area contributed by atoms with E-state index >= 15 is 0 Å². The summed E-state index contributed by atoms with van der Waals surface area (Å²) < 4.78 is 69.6. The minimum atomic E-state index is -4.57. The van der Waals surface area contributed by atoms with Crippen LogP contribution in [0.1, 0.15) is 43.9 Å². The van der Waals surface area contributed by atoms with Crippen molar-refractivity contribution < 1.29 is 21.6 Å². The first-order valence-electron chi connectivity index (χ1n) is 11.0. The number of rotatable bonds is 3. The second-order valence-corrected chi connectivity index (χ2v) is 11.4. The zero-order valence-corrected chi connectivity index (χ0v) is 18.9. The van der Waals surface area contributed by atoms with Gasteiger partial charge in [0.15, 0.2) is 0 Å². The van der Waals surface area contributed by atoms with Gasteiger partial charge < -0.3 is 4.57 Å². The standard InChI is InChI=1S/C22H27F3N4O2S/c1-14(2)28-10-20(26-13-28)16-4-3-15-8-18-5-6-19(9-17(15)7-16)21(18)11-29(12-22(23,24)25)32(30,31)27-21/h3-4,7,10,13-14,18-19,27H,5-6,8-9,11-12H2,1-2H3/t18-,19+,21-/m1/s1. The summed E-state index contributed by atoms with van der Waals surface area (Å²) in [7, 11) is -4.16. The van der Waals surface area contributed by atoms with E-state index in [1.165, 1.54) is 0 Å². The van der Waals surface area contributed by atoms with E-state index in [0.29, 0.717) is 23.2 Å². The summed E-state index contributed by atoms with van der Waals surface area (Å²) in [6.45, 7) is 2.61. The van der Waals surface area contributed by atoms with Gasteiger partial charge in [-0.1, -0.05) is 12.1 Å². The summed E-state index contributed by atoms with van der Waals surface area (Å²) in [5, 5.41) is 0. The maximum Gasteiger partial charge on any atom is 0.402 e. The Hall–Kier alpha value is -1.91. The molecule has 1 N–H and O–H groups in total. The normalized spacial score (nSPS) is 29.6. The van der Waals surface area contributed by atoms with Gasteiger partial charge in [0.25, 0.3) is 10.2 Å². The van der Waals surface area contributed by atoms with Crippen molar-refractivity contribution in [2.75, 3.05) is 13.1 Å². The highest BCUT2D eigenvalue weighted by molar-refractivity contribution is 7.87. The van der Waals surface area contributed by atoms with Gasteiger partial charge in [0.05, 0.1) is 17.6 Å². The molecule has 2 heterocycles. The molecular weight excluding hydrogens is 441 g/mol. The number of alkyl halides is 3. The van der Waals surface area contributed by atoms with Crippen molar-refractivity contribution in [3.05, 3.63) is 41.9 Å². The molecule has 174 valence electrons. The van der Waals surface area contributed by atoms with Crippen LogP contribution in [-0.2, 0) is 23.1 Å². The number of nitrogens with one attached hydrogen (secondary N) is 1. The first kappa shape index (κ1) is 21.9. The maximum absolute atomic E-state index is 13.0. The van der Waals surface area contributed by atoms with Crippen LogP contribution in [-0.4, -0.2) is 47.1 Å². The topological polar surface area (TPSA) is 67.2 Å². The van der Waals surface area contributed by atoms with Gasteiger partial charge in [-0.25, -0.2) is 4.98 Å². The highest BCUT2D eigenvalue weighted by atomic mass is 32.2. The van der Waals surface area contributed by atoms with E-state index in [0.717, 1.165) is 35.2 Å². The Kier molecular flexibility index (Phi) is 5.00. The fraction of sp³-hybridized carbons (Fsp3) is 0.591. The molecule has 2 aliphatic carbocycles. The van der Waals surface area contributed by atoms with Crippen LogP contribution in [0.15, 0.2) is 30.7 Å². The van der Waals surface area contributed by atoms with E-state index in [4.69, 9.17) is 0 Å². The third-order valence-electron chi connectivity index (χ3n) is 7.41. The number of halogens is 3. The highest BCUT2D eigenvalue weighted by Crippen LogP contribution is 2.50. The van der Waals surface area contributed by atoms with E-state index in [9.17, 15) is 21.6 Å². The van der Waals surface area contributed by atoms with Crippen LogP contribution in [0.3, 0.4) is 0 Å². The minimum Gasteiger partial charge on any atom is -0.334 e. The van der Waals surface area contributed by atoms with Crippen LogP contribution in [0, 0.1) is 11.8 Å². The van der Waals surface area contributed by atoms with E-state index in [-0.39, 0.29) is 18.4 Å². The summed E-state index contributed by atoms with van der Waals surface area (Å²) >= 11 is 0. The Morgan fingerprint density at radius 3 is 2.50 bits per heavy atom. The molecule has 6 nitrogen and oxygen atoms in total. The largest absolute Gasteiger partial charge is 0.402 e. The van der Waals surface area contributed by atoms with Crippen LogP contribution in [0.2, 0.25) is 0 Å². The second kappa shape index (κ2) is 7.30. The van der Waals surface area contributed by atoms with Crippen LogP contribution >= 0.6 is 0 Å². The van der Waals surface area contributed by atoms with Crippen molar-refractivity contribution >= 4 is 10.2 Å². The summed E-state index contributed by atoms with van der Waals surface area (Å²) in [5.74, 6) is -0.0574. The molecule has 2 aromatic rings. The summed E-state index contributed by atoms with van der Waals surface area (Å²) in [6, 6.07) is 6.53. The van der Waals surface area contributed by atoms with Crippen LogP contribution in [0.25, 0.3) is 11.3 Å². The van der Waals surface area contributed by atoms with Crippen LogP contribution in [0.5, 0.6) is 0 Å². The lowest BCUT2D eigenvalue weighted by Gasteiger charge is -2.33. The molecule has 1 aromatic heterocycles. The van der Waals surface area contributed by atoms with E-state index in [2.05, 4.69) is 35.7 Å². The van der Waals surface area contributed by atoms with Gasteiger partial charge in [0, 0.05) is 24.3 Å². The number of benzene rings is 1. The molecule has 1 spiro atoms. The molecular formula is C22H27F3N4O2S. The molecule has 1 saturated heterocycles. The van der Waals surface area contributed by atoms with Crippen molar-refractivity contribution in [3.8, 4) is 11.3 Å². The lowest BCUT2D eigenvalue weighted by molar-refractivity contribution is -0.136. The summed E-state index contributed by atoms with van der Waals surface area (Å²) in [5.41, 5.74) is 3.32. The highest BCUT2D eigenvalue weighted by Gasteiger charge is 2.60. The SMILES string of the molecule is CC(C)n1cnc(-c2ccc3c(c2)C[C@@H]2CC[C@H](C3)[C@]23CN(CC(F)(F)F)S(=O)(=O)N3)c1. The number of aromatic nitrogens is 2. The van der Waals surface area contributed by atoms with Crippen molar-refractivity contribution in [1.29, 1.82) is 0 Å². The molecule has 1 aliphatic heterocycles. The lowest BCUT2D eigenvalue weighted by atomic mass is 9.79.